The van der Waals surface area contributed by atoms with Crippen LogP contribution < -0.4 is 11.5 Å². The maximum Gasteiger partial charge on any atom is 0.450 e. The molecule has 0 saturated carbocycles. The van der Waals surface area contributed by atoms with E-state index in [0.29, 0.717) is 13.1 Å². The fraction of sp³-hybridized carbons (Fsp3) is 0.714. The molecular weight excluding hydrogens is 201 g/mol. The summed E-state index contributed by atoms with van der Waals surface area (Å²) in [5, 5.41) is 0. The molecule has 0 aliphatic heterocycles. The Kier molecular flexibility index (Phi) is 8.26. The van der Waals surface area contributed by atoms with Crippen molar-refractivity contribution in [3.05, 3.63) is 0 Å². The molecule has 0 aromatic heterocycles. The van der Waals surface area contributed by atoms with Crippen molar-refractivity contribution in [2.45, 2.75) is 19.5 Å². The Morgan fingerprint density at radius 2 is 1.50 bits per heavy atom. The summed E-state index contributed by atoms with van der Waals surface area (Å²) in [5.74, 6) is -2.76. The third-order valence-electron chi connectivity index (χ3n) is 0.892. The number of halogens is 3. The van der Waals surface area contributed by atoms with Crippen molar-refractivity contribution < 1.29 is 22.8 Å². The van der Waals surface area contributed by atoms with Crippen molar-refractivity contribution in [3.63, 3.8) is 0 Å². The highest BCUT2D eigenvalue weighted by atomic mass is 19.4. The predicted molar refractivity (Wildman–Crippen MR) is 44.5 cm³/mol. The molecule has 0 aromatic rings. The molecule has 0 bridgehead atoms. The van der Waals surface area contributed by atoms with Crippen molar-refractivity contribution in [2.75, 3.05) is 13.1 Å². The lowest BCUT2D eigenvalue weighted by molar-refractivity contribution is -0.171. The Labute approximate surface area is 79.4 Å². The molecule has 84 valence electrons. The van der Waals surface area contributed by atoms with E-state index in [-0.39, 0.29) is 0 Å². The van der Waals surface area contributed by atoms with Gasteiger partial charge in [0.25, 0.3) is 0 Å². The van der Waals surface area contributed by atoms with Crippen LogP contribution in [0, 0.1) is 0 Å². The Balaban J connectivity index is 0. The highest BCUT2D eigenvalue weighted by Gasteiger charge is 2.38. The van der Waals surface area contributed by atoms with Crippen molar-refractivity contribution in [2.24, 2.45) is 11.5 Å². The van der Waals surface area contributed by atoms with Gasteiger partial charge in [0.1, 0.15) is 5.78 Å². The molecule has 0 heterocycles. The molecule has 0 aliphatic rings. The summed E-state index contributed by atoms with van der Waals surface area (Å²) in [6.45, 7) is 2.13. The summed E-state index contributed by atoms with van der Waals surface area (Å²) in [5.41, 5.74) is 9.81. The van der Waals surface area contributed by atoms with Crippen LogP contribution >= 0.6 is 0 Å². The first-order valence-corrected chi connectivity index (χ1v) is 3.75. The van der Waals surface area contributed by atoms with E-state index in [1.165, 1.54) is 0 Å². The van der Waals surface area contributed by atoms with E-state index in [2.05, 4.69) is 0 Å². The lowest BCUT2D eigenvalue weighted by atomic mass is 10.2. The number of hydrogen-bond acceptors (Lipinski definition) is 4. The van der Waals surface area contributed by atoms with E-state index >= 15 is 0 Å². The average molecular weight is 214 g/mol. The van der Waals surface area contributed by atoms with Crippen LogP contribution in [0.3, 0.4) is 0 Å². The van der Waals surface area contributed by atoms with Crippen molar-refractivity contribution in [1.82, 2.24) is 0 Å². The molecule has 0 amide bonds. The zero-order valence-electron chi connectivity index (χ0n) is 7.73. The van der Waals surface area contributed by atoms with Crippen LogP contribution in [0.4, 0.5) is 13.2 Å². The smallest absolute Gasteiger partial charge is 0.329 e. The first-order valence-electron chi connectivity index (χ1n) is 3.75. The fourth-order valence-electron chi connectivity index (χ4n) is 0.326. The number of rotatable bonds is 3. The van der Waals surface area contributed by atoms with Crippen LogP contribution in [0.15, 0.2) is 0 Å². The minimum absolute atomic E-state index is 0.597. The molecule has 0 spiro atoms. The highest BCUT2D eigenvalue weighted by molar-refractivity contribution is 6.00. The fourth-order valence-corrected chi connectivity index (χ4v) is 0.326. The van der Waals surface area contributed by atoms with Gasteiger partial charge in [-0.2, -0.15) is 13.2 Å². The van der Waals surface area contributed by atoms with Gasteiger partial charge in [-0.1, -0.05) is 0 Å². The van der Waals surface area contributed by atoms with Crippen molar-refractivity contribution in [1.29, 1.82) is 0 Å². The van der Waals surface area contributed by atoms with Gasteiger partial charge in [0.2, 0.25) is 5.78 Å². The second kappa shape index (κ2) is 7.45. The van der Waals surface area contributed by atoms with Crippen LogP contribution in [-0.2, 0) is 9.59 Å². The molecule has 0 radical (unpaired) electrons. The van der Waals surface area contributed by atoms with Gasteiger partial charge in [-0.25, -0.2) is 0 Å². The van der Waals surface area contributed by atoms with Crippen LogP contribution in [0.1, 0.15) is 13.3 Å². The summed E-state index contributed by atoms with van der Waals surface area (Å²) >= 11 is 0. The third kappa shape index (κ3) is 11.1. The topological polar surface area (TPSA) is 86.2 Å². The average Bonchev–Trinajstić information content (AvgIpc) is 2.02. The van der Waals surface area contributed by atoms with Crippen LogP contribution in [0.2, 0.25) is 0 Å². The van der Waals surface area contributed by atoms with E-state index in [1.807, 2.05) is 0 Å². The number of alkyl halides is 3. The third-order valence-corrected chi connectivity index (χ3v) is 0.892. The molecule has 4 N–H and O–H groups in total. The monoisotopic (exact) mass is 214 g/mol. The number of ketones is 2. The minimum atomic E-state index is -4.87. The Morgan fingerprint density at radius 1 is 1.14 bits per heavy atom. The maximum absolute atomic E-state index is 11.3. The maximum atomic E-state index is 11.3. The lowest BCUT2D eigenvalue weighted by Crippen LogP contribution is -2.24. The number of carbonyl (C=O) groups is 2. The van der Waals surface area contributed by atoms with Crippen molar-refractivity contribution in [3.8, 4) is 0 Å². The second-order valence-electron chi connectivity index (χ2n) is 2.38. The standard InChI is InChI=1S/C5H5F3O2.C2H8N2/c1-3(9)2-4(10)5(6,7)8;3-1-2-4/h2H2,1H3;1-4H2. The molecule has 0 aliphatic carbocycles. The van der Waals surface area contributed by atoms with Gasteiger partial charge >= 0.3 is 6.18 Å². The number of nitrogens with two attached hydrogens (primary N) is 2. The van der Waals surface area contributed by atoms with E-state index in [9.17, 15) is 22.8 Å². The molecule has 7 heteroatoms. The summed E-state index contributed by atoms with van der Waals surface area (Å²) < 4.78 is 33.9. The number of hydrogen-bond donors (Lipinski definition) is 2. The Morgan fingerprint density at radius 3 is 1.57 bits per heavy atom. The molecule has 0 fully saturated rings. The van der Waals surface area contributed by atoms with E-state index in [0.717, 1.165) is 6.92 Å². The molecule has 0 atom stereocenters. The Hall–Kier alpha value is -0.950. The first-order chi connectivity index (χ1) is 6.25. The van der Waals surface area contributed by atoms with Gasteiger partial charge in [-0.05, 0) is 6.92 Å². The SMILES string of the molecule is CC(=O)CC(=O)C(F)(F)F.NCCN. The highest BCUT2D eigenvalue weighted by Crippen LogP contribution is 2.17. The summed E-state index contributed by atoms with van der Waals surface area (Å²) in [4.78, 5) is 19.9. The zero-order valence-corrected chi connectivity index (χ0v) is 7.73. The molecule has 14 heavy (non-hydrogen) atoms. The molecule has 0 saturated heterocycles. The molecule has 0 rings (SSSR count). The Bertz CT molecular complexity index is 190. The normalized spacial score (nSPS) is 10.1. The van der Waals surface area contributed by atoms with Gasteiger partial charge in [0.15, 0.2) is 0 Å². The molecule has 0 unspecified atom stereocenters. The molecule has 0 aromatic carbocycles. The summed E-state index contributed by atoms with van der Waals surface area (Å²) in [6, 6.07) is 0. The van der Waals surface area contributed by atoms with Gasteiger partial charge < -0.3 is 11.5 Å². The zero-order chi connectivity index (χ0) is 11.8. The minimum Gasteiger partial charge on any atom is -0.329 e. The molecule has 4 nitrogen and oxygen atoms in total. The van der Waals surface area contributed by atoms with Gasteiger partial charge in [-0.15, -0.1) is 0 Å². The number of Topliss-reactive ketones (excluding diaryl/α,β-unsaturated/α-hetero) is 2. The van der Waals surface area contributed by atoms with Crippen molar-refractivity contribution >= 4 is 11.6 Å². The van der Waals surface area contributed by atoms with Gasteiger partial charge in [-0.3, -0.25) is 9.59 Å². The second-order valence-corrected chi connectivity index (χ2v) is 2.38. The van der Waals surface area contributed by atoms with Crippen LogP contribution in [0.5, 0.6) is 0 Å². The first kappa shape index (κ1) is 15.5. The van der Waals surface area contributed by atoms with Gasteiger partial charge in [0, 0.05) is 13.1 Å². The summed E-state index contributed by atoms with van der Waals surface area (Å²) in [7, 11) is 0. The molecular formula is C7H13F3N2O2. The largest absolute Gasteiger partial charge is 0.450 e. The quantitative estimate of drug-likeness (QED) is 0.647. The lowest BCUT2D eigenvalue weighted by Gasteiger charge is -2.00. The van der Waals surface area contributed by atoms with Crippen LogP contribution in [-0.4, -0.2) is 30.8 Å². The predicted octanol–water partition coefficient (Wildman–Crippen LogP) is 0.000700. The van der Waals surface area contributed by atoms with E-state index in [1.54, 1.807) is 0 Å². The van der Waals surface area contributed by atoms with E-state index < -0.39 is 24.2 Å². The van der Waals surface area contributed by atoms with Crippen LogP contribution in [0.25, 0.3) is 0 Å². The van der Waals surface area contributed by atoms with Gasteiger partial charge in [0.05, 0.1) is 6.42 Å². The summed E-state index contributed by atoms with van der Waals surface area (Å²) in [6.07, 6.45) is -5.92. The number of carbonyl (C=O) groups excluding carboxylic acids is 2. The van der Waals surface area contributed by atoms with E-state index in [4.69, 9.17) is 11.5 Å².